The summed E-state index contributed by atoms with van der Waals surface area (Å²) in [6.45, 7) is 3.88. The van der Waals surface area contributed by atoms with Crippen molar-refractivity contribution in [3.8, 4) is 22.5 Å². The molecule has 1 fully saturated rings. The van der Waals surface area contributed by atoms with E-state index in [4.69, 9.17) is 0 Å². The molecule has 2 nitrogen and oxygen atoms in total. The van der Waals surface area contributed by atoms with Crippen LogP contribution in [-0.2, 0) is 0 Å². The summed E-state index contributed by atoms with van der Waals surface area (Å²) in [6, 6.07) is 17.1. The summed E-state index contributed by atoms with van der Waals surface area (Å²) in [6.07, 6.45) is 12.3. The van der Waals surface area contributed by atoms with Crippen molar-refractivity contribution in [3.63, 3.8) is 0 Å². The van der Waals surface area contributed by atoms with Crippen molar-refractivity contribution in [2.24, 2.45) is 5.92 Å². The van der Waals surface area contributed by atoms with E-state index in [2.05, 4.69) is 62.8 Å². The van der Waals surface area contributed by atoms with E-state index in [0.29, 0.717) is 5.92 Å². The average molecular weight is 433 g/mol. The van der Waals surface area contributed by atoms with E-state index in [1.54, 1.807) is 0 Å². The highest BCUT2D eigenvalue weighted by molar-refractivity contribution is 9.10. The zero-order valence-electron chi connectivity index (χ0n) is 16.0. The van der Waals surface area contributed by atoms with Crippen LogP contribution in [0.15, 0.2) is 78.1 Å². The first kappa shape index (κ1) is 19.1. The Morgan fingerprint density at radius 2 is 1.43 bits per heavy atom. The topological polar surface area (TPSA) is 25.8 Å². The zero-order valence-corrected chi connectivity index (χ0v) is 17.6. The minimum atomic E-state index is 0.700. The van der Waals surface area contributed by atoms with Gasteiger partial charge in [-0.25, -0.2) is 9.97 Å². The SMILES string of the molecule is C=CC[C@H]1CC[C@H](c2ccc(-c3cnc(-c4ccc(Br)cc4)nc3)cc2)CC1. The summed E-state index contributed by atoms with van der Waals surface area (Å²) in [4.78, 5) is 9.12. The summed E-state index contributed by atoms with van der Waals surface area (Å²) >= 11 is 3.46. The van der Waals surface area contributed by atoms with Gasteiger partial charge in [0.05, 0.1) is 0 Å². The zero-order chi connectivity index (χ0) is 19.3. The van der Waals surface area contributed by atoms with Crippen LogP contribution < -0.4 is 0 Å². The fourth-order valence-electron chi connectivity index (χ4n) is 4.14. The lowest BCUT2D eigenvalue weighted by Crippen LogP contribution is -2.12. The molecule has 1 heterocycles. The largest absolute Gasteiger partial charge is 0.236 e. The molecule has 0 spiro atoms. The number of benzene rings is 2. The fourth-order valence-corrected chi connectivity index (χ4v) is 4.40. The van der Waals surface area contributed by atoms with Crippen LogP contribution in [0.3, 0.4) is 0 Å². The molecule has 0 unspecified atom stereocenters. The van der Waals surface area contributed by atoms with Gasteiger partial charge in [0.2, 0.25) is 0 Å². The second-order valence-corrected chi connectivity index (χ2v) is 8.58. The molecule has 0 amide bonds. The third-order valence-corrected chi connectivity index (χ3v) is 6.35. The molecule has 0 radical (unpaired) electrons. The first-order valence-electron chi connectivity index (χ1n) is 10.0. The predicted octanol–water partition coefficient (Wildman–Crippen LogP) is 7.42. The Bertz CT molecular complexity index is 906. The number of nitrogens with zero attached hydrogens (tertiary/aromatic N) is 2. The molecule has 0 N–H and O–H groups in total. The van der Waals surface area contributed by atoms with Gasteiger partial charge in [0.25, 0.3) is 0 Å². The number of allylic oxidation sites excluding steroid dienone is 1. The first-order chi connectivity index (χ1) is 13.7. The van der Waals surface area contributed by atoms with E-state index < -0.39 is 0 Å². The van der Waals surface area contributed by atoms with Gasteiger partial charge in [-0.05, 0) is 67.2 Å². The van der Waals surface area contributed by atoms with Crippen LogP contribution in [0.2, 0.25) is 0 Å². The molecule has 0 atom stereocenters. The monoisotopic (exact) mass is 432 g/mol. The van der Waals surface area contributed by atoms with Gasteiger partial charge in [0.15, 0.2) is 5.82 Å². The number of halogens is 1. The van der Waals surface area contributed by atoms with E-state index in [-0.39, 0.29) is 0 Å². The highest BCUT2D eigenvalue weighted by Gasteiger charge is 2.21. The summed E-state index contributed by atoms with van der Waals surface area (Å²) in [7, 11) is 0. The van der Waals surface area contributed by atoms with Gasteiger partial charge in [0, 0.05) is 28.0 Å². The summed E-state index contributed by atoms with van der Waals surface area (Å²) in [5, 5.41) is 0. The normalized spacial score (nSPS) is 19.3. The van der Waals surface area contributed by atoms with E-state index in [0.717, 1.165) is 27.3 Å². The maximum atomic E-state index is 4.56. The van der Waals surface area contributed by atoms with Crippen LogP contribution in [0.1, 0.15) is 43.6 Å². The Hall–Kier alpha value is -2.26. The van der Waals surface area contributed by atoms with Crippen molar-refractivity contribution in [2.75, 3.05) is 0 Å². The summed E-state index contributed by atoms with van der Waals surface area (Å²) in [5.74, 6) is 2.30. The third-order valence-electron chi connectivity index (χ3n) is 5.82. The number of hydrogen-bond acceptors (Lipinski definition) is 2. The Morgan fingerprint density at radius 3 is 2.04 bits per heavy atom. The number of hydrogen-bond donors (Lipinski definition) is 0. The Morgan fingerprint density at radius 1 is 0.821 bits per heavy atom. The Labute approximate surface area is 175 Å². The maximum Gasteiger partial charge on any atom is 0.159 e. The van der Waals surface area contributed by atoms with E-state index in [9.17, 15) is 0 Å². The van der Waals surface area contributed by atoms with Gasteiger partial charge in [-0.2, -0.15) is 0 Å². The lowest BCUT2D eigenvalue weighted by molar-refractivity contribution is 0.328. The number of rotatable bonds is 5. The molecular weight excluding hydrogens is 408 g/mol. The van der Waals surface area contributed by atoms with Crippen LogP contribution in [0, 0.1) is 5.92 Å². The standard InChI is InChI=1S/C25H25BrN2/c1-2-3-18-4-6-19(7-5-18)20-8-10-21(11-9-20)23-16-27-25(28-17-23)22-12-14-24(26)15-13-22/h2,8-19H,1,3-7H2/t18-,19-. The first-order valence-corrected chi connectivity index (χ1v) is 10.8. The van der Waals surface area contributed by atoms with Gasteiger partial charge >= 0.3 is 0 Å². The molecule has 2 aromatic carbocycles. The van der Waals surface area contributed by atoms with Crippen molar-refractivity contribution in [1.82, 2.24) is 9.97 Å². The van der Waals surface area contributed by atoms with Crippen molar-refractivity contribution < 1.29 is 0 Å². The van der Waals surface area contributed by atoms with E-state index in [1.165, 1.54) is 43.2 Å². The van der Waals surface area contributed by atoms with Gasteiger partial charge in [-0.3, -0.25) is 0 Å². The van der Waals surface area contributed by atoms with E-state index >= 15 is 0 Å². The quantitative estimate of drug-likeness (QED) is 0.391. The maximum absolute atomic E-state index is 4.56. The summed E-state index contributed by atoms with van der Waals surface area (Å²) < 4.78 is 1.06. The Balaban J connectivity index is 1.44. The lowest BCUT2D eigenvalue weighted by Gasteiger charge is -2.28. The van der Waals surface area contributed by atoms with Crippen LogP contribution in [-0.4, -0.2) is 9.97 Å². The molecule has 0 bridgehead atoms. The average Bonchev–Trinajstić information content (AvgIpc) is 2.75. The molecule has 0 aliphatic heterocycles. The second kappa shape index (κ2) is 8.83. The molecular formula is C25H25BrN2. The fraction of sp³-hybridized carbons (Fsp3) is 0.280. The lowest BCUT2D eigenvalue weighted by atomic mass is 9.77. The molecule has 1 aliphatic rings. The molecule has 1 aliphatic carbocycles. The van der Waals surface area contributed by atoms with E-state index in [1.807, 2.05) is 36.7 Å². The molecule has 1 aromatic heterocycles. The number of aromatic nitrogens is 2. The van der Waals surface area contributed by atoms with Crippen molar-refractivity contribution >= 4 is 15.9 Å². The minimum Gasteiger partial charge on any atom is -0.236 e. The van der Waals surface area contributed by atoms with Gasteiger partial charge in [-0.1, -0.05) is 58.4 Å². The van der Waals surface area contributed by atoms with Gasteiger partial charge in [-0.15, -0.1) is 6.58 Å². The van der Waals surface area contributed by atoms with Crippen LogP contribution >= 0.6 is 15.9 Å². The molecule has 3 aromatic rings. The molecule has 4 rings (SSSR count). The minimum absolute atomic E-state index is 0.700. The smallest absolute Gasteiger partial charge is 0.159 e. The highest BCUT2D eigenvalue weighted by Crippen LogP contribution is 2.37. The van der Waals surface area contributed by atoms with Gasteiger partial charge < -0.3 is 0 Å². The Kier molecular flexibility index (Phi) is 6.01. The molecule has 1 saturated carbocycles. The molecule has 3 heteroatoms. The van der Waals surface area contributed by atoms with Crippen LogP contribution in [0.5, 0.6) is 0 Å². The predicted molar refractivity (Wildman–Crippen MR) is 120 cm³/mol. The van der Waals surface area contributed by atoms with Gasteiger partial charge in [0.1, 0.15) is 0 Å². The second-order valence-electron chi connectivity index (χ2n) is 7.67. The molecule has 142 valence electrons. The van der Waals surface area contributed by atoms with Crippen molar-refractivity contribution in [3.05, 3.63) is 83.6 Å². The van der Waals surface area contributed by atoms with Crippen molar-refractivity contribution in [1.29, 1.82) is 0 Å². The third kappa shape index (κ3) is 4.41. The highest BCUT2D eigenvalue weighted by atomic mass is 79.9. The molecule has 0 saturated heterocycles. The van der Waals surface area contributed by atoms with Crippen LogP contribution in [0.25, 0.3) is 22.5 Å². The van der Waals surface area contributed by atoms with Crippen LogP contribution in [0.4, 0.5) is 0 Å². The van der Waals surface area contributed by atoms with Crippen molar-refractivity contribution in [2.45, 2.75) is 38.0 Å². The summed E-state index contributed by atoms with van der Waals surface area (Å²) in [5.41, 5.74) is 4.72. The molecule has 28 heavy (non-hydrogen) atoms.